The summed E-state index contributed by atoms with van der Waals surface area (Å²) in [5, 5.41) is 3.64. The Kier molecular flexibility index (Phi) is 5.64. The van der Waals surface area contributed by atoms with Crippen LogP contribution in [0.25, 0.3) is 0 Å². The van der Waals surface area contributed by atoms with Crippen LogP contribution in [0.3, 0.4) is 0 Å². The molecule has 0 atom stereocenters. The van der Waals surface area contributed by atoms with E-state index in [1.165, 1.54) is 32.1 Å². The third-order valence-corrected chi connectivity index (χ3v) is 4.83. The summed E-state index contributed by atoms with van der Waals surface area (Å²) >= 11 is 0. The van der Waals surface area contributed by atoms with Gasteiger partial charge in [0, 0.05) is 18.0 Å². The van der Waals surface area contributed by atoms with Gasteiger partial charge < -0.3 is 16.0 Å². The Morgan fingerprint density at radius 1 is 1.16 bits per heavy atom. The minimum Gasteiger partial charge on any atom is -0.369 e. The van der Waals surface area contributed by atoms with Crippen LogP contribution in [0.15, 0.2) is 0 Å². The highest BCUT2D eigenvalue weighted by Gasteiger charge is 2.30. The van der Waals surface area contributed by atoms with Crippen molar-refractivity contribution in [3.8, 4) is 0 Å². The molecule has 4 nitrogen and oxygen atoms in total. The molecule has 1 saturated carbocycles. The highest BCUT2D eigenvalue weighted by atomic mass is 16.1. The van der Waals surface area contributed by atoms with E-state index in [0.29, 0.717) is 0 Å². The maximum absolute atomic E-state index is 11.2. The van der Waals surface area contributed by atoms with Crippen LogP contribution >= 0.6 is 0 Å². The Morgan fingerprint density at radius 2 is 1.79 bits per heavy atom. The van der Waals surface area contributed by atoms with Gasteiger partial charge in [-0.3, -0.25) is 4.79 Å². The molecule has 1 heterocycles. The maximum atomic E-state index is 11.2. The van der Waals surface area contributed by atoms with Crippen LogP contribution in [0.4, 0.5) is 0 Å². The number of rotatable bonds is 5. The van der Waals surface area contributed by atoms with Crippen molar-refractivity contribution in [3.63, 3.8) is 0 Å². The molecule has 1 amide bonds. The molecule has 4 heteroatoms. The van der Waals surface area contributed by atoms with E-state index >= 15 is 0 Å². The van der Waals surface area contributed by atoms with E-state index < -0.39 is 0 Å². The molecule has 0 aromatic carbocycles. The zero-order chi connectivity index (χ0) is 13.7. The van der Waals surface area contributed by atoms with E-state index in [4.69, 9.17) is 5.73 Å². The molecule has 2 fully saturated rings. The Bertz CT molecular complexity index is 279. The third kappa shape index (κ3) is 4.18. The Morgan fingerprint density at radius 3 is 2.32 bits per heavy atom. The Hall–Kier alpha value is -0.610. The van der Waals surface area contributed by atoms with Crippen LogP contribution in [0.1, 0.15) is 51.9 Å². The van der Waals surface area contributed by atoms with Crippen LogP contribution < -0.4 is 11.1 Å². The van der Waals surface area contributed by atoms with Crippen molar-refractivity contribution in [2.75, 3.05) is 19.6 Å². The quantitative estimate of drug-likeness (QED) is 0.793. The molecule has 0 spiro atoms. The van der Waals surface area contributed by atoms with Crippen molar-refractivity contribution in [3.05, 3.63) is 0 Å². The van der Waals surface area contributed by atoms with E-state index in [-0.39, 0.29) is 11.8 Å². The number of hydrogen-bond acceptors (Lipinski definition) is 3. The van der Waals surface area contributed by atoms with Gasteiger partial charge in [-0.15, -0.1) is 0 Å². The Balaban J connectivity index is 1.69. The van der Waals surface area contributed by atoms with Gasteiger partial charge in [-0.25, -0.2) is 0 Å². The number of primary amides is 1. The van der Waals surface area contributed by atoms with Gasteiger partial charge in [-0.05, 0) is 64.6 Å². The molecule has 2 rings (SSSR count). The fraction of sp³-hybridized carbons (Fsp3) is 0.933. The lowest BCUT2D eigenvalue weighted by Gasteiger charge is -2.40. The van der Waals surface area contributed by atoms with Crippen molar-refractivity contribution in [2.24, 2.45) is 11.7 Å². The number of nitrogens with two attached hydrogens (primary N) is 1. The maximum Gasteiger partial charge on any atom is 0.220 e. The van der Waals surface area contributed by atoms with Crippen LogP contribution in [0.5, 0.6) is 0 Å². The number of hydrogen-bond donors (Lipinski definition) is 2. The molecule has 2 aliphatic rings. The summed E-state index contributed by atoms with van der Waals surface area (Å²) in [7, 11) is 0. The molecule has 1 aliphatic carbocycles. The van der Waals surface area contributed by atoms with Crippen LogP contribution in [0, 0.1) is 5.92 Å². The lowest BCUT2D eigenvalue weighted by molar-refractivity contribution is -0.123. The number of nitrogens with one attached hydrogen (secondary N) is 1. The van der Waals surface area contributed by atoms with Crippen molar-refractivity contribution < 1.29 is 4.79 Å². The average Bonchev–Trinajstić information content (AvgIpc) is 2.46. The standard InChI is InChI=1S/C15H29N3O/c1-2-9-17-13-3-5-14(6-4-13)18-10-7-12(8-11-18)15(16)19/h12-14,17H,2-11H2,1H3,(H2,16,19). The number of likely N-dealkylation sites (tertiary alicyclic amines) is 1. The van der Waals surface area contributed by atoms with E-state index in [2.05, 4.69) is 17.1 Å². The summed E-state index contributed by atoms with van der Waals surface area (Å²) in [4.78, 5) is 13.8. The minimum atomic E-state index is -0.105. The third-order valence-electron chi connectivity index (χ3n) is 4.83. The van der Waals surface area contributed by atoms with Crippen molar-refractivity contribution in [1.29, 1.82) is 0 Å². The molecule has 0 aromatic heterocycles. The first-order valence-electron chi connectivity index (χ1n) is 7.97. The molecule has 1 saturated heterocycles. The van der Waals surface area contributed by atoms with Gasteiger partial charge >= 0.3 is 0 Å². The van der Waals surface area contributed by atoms with Crippen LogP contribution in [-0.4, -0.2) is 42.5 Å². The largest absolute Gasteiger partial charge is 0.369 e. The second kappa shape index (κ2) is 7.25. The molecule has 1 aliphatic heterocycles. The van der Waals surface area contributed by atoms with E-state index in [9.17, 15) is 4.79 Å². The van der Waals surface area contributed by atoms with E-state index in [0.717, 1.165) is 44.6 Å². The number of nitrogens with zero attached hydrogens (tertiary/aromatic N) is 1. The molecule has 0 radical (unpaired) electrons. The van der Waals surface area contributed by atoms with Gasteiger partial charge in [0.2, 0.25) is 5.91 Å². The van der Waals surface area contributed by atoms with Gasteiger partial charge in [0.05, 0.1) is 0 Å². The van der Waals surface area contributed by atoms with E-state index in [1.54, 1.807) is 0 Å². The first kappa shape index (κ1) is 14.8. The first-order chi connectivity index (χ1) is 9.20. The highest BCUT2D eigenvalue weighted by Crippen LogP contribution is 2.27. The number of carbonyl (C=O) groups excluding carboxylic acids is 1. The summed E-state index contributed by atoms with van der Waals surface area (Å²) in [6.45, 7) is 5.50. The highest BCUT2D eigenvalue weighted by molar-refractivity contribution is 5.76. The van der Waals surface area contributed by atoms with Crippen molar-refractivity contribution in [1.82, 2.24) is 10.2 Å². The van der Waals surface area contributed by atoms with Gasteiger partial charge in [0.15, 0.2) is 0 Å². The number of piperidine rings is 1. The van der Waals surface area contributed by atoms with Gasteiger partial charge in [-0.1, -0.05) is 6.92 Å². The van der Waals surface area contributed by atoms with Gasteiger partial charge in [-0.2, -0.15) is 0 Å². The summed E-state index contributed by atoms with van der Waals surface area (Å²) in [6.07, 6.45) is 8.37. The summed E-state index contributed by atoms with van der Waals surface area (Å²) in [5.41, 5.74) is 5.39. The molecule has 0 bridgehead atoms. The first-order valence-corrected chi connectivity index (χ1v) is 7.97. The molecular formula is C15H29N3O. The fourth-order valence-corrected chi connectivity index (χ4v) is 3.54. The minimum absolute atomic E-state index is 0.105. The topological polar surface area (TPSA) is 58.4 Å². The SMILES string of the molecule is CCCNC1CCC(N2CCC(C(N)=O)CC2)CC1. The summed E-state index contributed by atoms with van der Waals surface area (Å²) in [6, 6.07) is 1.48. The number of carbonyl (C=O) groups is 1. The fourth-order valence-electron chi connectivity index (χ4n) is 3.54. The average molecular weight is 267 g/mol. The zero-order valence-electron chi connectivity index (χ0n) is 12.2. The second-order valence-corrected chi connectivity index (χ2v) is 6.17. The monoisotopic (exact) mass is 267 g/mol. The lowest BCUT2D eigenvalue weighted by Crippen LogP contribution is -2.47. The van der Waals surface area contributed by atoms with Crippen LogP contribution in [-0.2, 0) is 4.79 Å². The van der Waals surface area contributed by atoms with E-state index in [1.807, 2.05) is 0 Å². The predicted octanol–water partition coefficient (Wildman–Crippen LogP) is 1.49. The van der Waals surface area contributed by atoms with Crippen molar-refractivity contribution >= 4 is 5.91 Å². The number of amides is 1. The summed E-state index contributed by atoms with van der Waals surface area (Å²) < 4.78 is 0. The molecule has 0 aromatic rings. The van der Waals surface area contributed by atoms with Gasteiger partial charge in [0.25, 0.3) is 0 Å². The molecule has 0 unspecified atom stereocenters. The lowest BCUT2D eigenvalue weighted by atomic mass is 9.87. The summed E-state index contributed by atoms with van der Waals surface area (Å²) in [5.74, 6) is 0.0194. The molecule has 3 N–H and O–H groups in total. The molecule has 110 valence electrons. The normalized spacial score (nSPS) is 30.4. The van der Waals surface area contributed by atoms with Crippen LogP contribution in [0.2, 0.25) is 0 Å². The van der Waals surface area contributed by atoms with Crippen molar-refractivity contribution in [2.45, 2.75) is 64.0 Å². The second-order valence-electron chi connectivity index (χ2n) is 6.17. The Labute approximate surface area is 117 Å². The van der Waals surface area contributed by atoms with Gasteiger partial charge in [0.1, 0.15) is 0 Å². The molecule has 19 heavy (non-hydrogen) atoms. The zero-order valence-corrected chi connectivity index (χ0v) is 12.2. The predicted molar refractivity (Wildman–Crippen MR) is 77.8 cm³/mol. The smallest absolute Gasteiger partial charge is 0.220 e. The molecular weight excluding hydrogens is 238 g/mol.